The minimum atomic E-state index is -0.703. The molecule has 5 atom stereocenters. The summed E-state index contributed by atoms with van der Waals surface area (Å²) >= 11 is 11.8. The lowest BCUT2D eigenvalue weighted by Crippen LogP contribution is -2.33. The van der Waals surface area contributed by atoms with Gasteiger partial charge in [0.25, 0.3) is 5.91 Å². The van der Waals surface area contributed by atoms with Gasteiger partial charge in [0, 0.05) is 5.69 Å². The number of benzene rings is 3. The van der Waals surface area contributed by atoms with Crippen molar-refractivity contribution >= 4 is 58.3 Å². The third-order valence-electron chi connectivity index (χ3n) is 8.14. The second kappa shape index (κ2) is 10.1. The third kappa shape index (κ3) is 4.60. The highest BCUT2D eigenvalue weighted by atomic mass is 35.5. The number of hydrogen-bond donors (Lipinski definition) is 1. The molecule has 2 saturated carbocycles. The van der Waals surface area contributed by atoms with Crippen molar-refractivity contribution in [1.82, 2.24) is 0 Å². The molecule has 3 fully saturated rings. The lowest BCUT2D eigenvalue weighted by atomic mass is 9.73. The van der Waals surface area contributed by atoms with E-state index in [1.54, 1.807) is 24.3 Å². The second-order valence-electron chi connectivity index (χ2n) is 10.3. The van der Waals surface area contributed by atoms with Crippen molar-refractivity contribution in [3.8, 4) is 0 Å². The molecule has 2 aliphatic carbocycles. The molecule has 6 rings (SSSR count). The van der Waals surface area contributed by atoms with Crippen LogP contribution in [0.3, 0.4) is 0 Å². The number of carbonyl (C=O) groups is 4. The van der Waals surface area contributed by atoms with E-state index in [0.29, 0.717) is 22.3 Å². The summed E-state index contributed by atoms with van der Waals surface area (Å²) in [5.41, 5.74) is 2.28. The van der Waals surface area contributed by atoms with Crippen molar-refractivity contribution in [2.24, 2.45) is 23.7 Å². The van der Waals surface area contributed by atoms with Gasteiger partial charge in [-0.15, -0.1) is 0 Å². The molecule has 1 saturated heterocycles. The van der Waals surface area contributed by atoms with Crippen LogP contribution in [0.2, 0.25) is 10.0 Å². The van der Waals surface area contributed by atoms with E-state index >= 15 is 0 Å². The molecule has 0 unspecified atom stereocenters. The fourth-order valence-electron chi connectivity index (χ4n) is 6.53. The Bertz CT molecular complexity index is 1480. The van der Waals surface area contributed by atoms with Gasteiger partial charge in [-0.3, -0.25) is 19.3 Å². The summed E-state index contributed by atoms with van der Waals surface area (Å²) in [4.78, 5) is 52.8. The molecule has 1 N–H and O–H groups in total. The highest BCUT2D eigenvalue weighted by molar-refractivity contribution is 6.42. The van der Waals surface area contributed by atoms with Crippen LogP contribution in [0.15, 0.2) is 72.8 Å². The minimum absolute atomic E-state index is 0.154. The molecule has 7 nitrogen and oxygen atoms in total. The van der Waals surface area contributed by atoms with Gasteiger partial charge in [0.05, 0.1) is 33.1 Å². The molecule has 2 bridgehead atoms. The zero-order chi connectivity index (χ0) is 27.3. The Morgan fingerprint density at radius 2 is 1.59 bits per heavy atom. The fraction of sp³-hybridized carbons (Fsp3) is 0.267. The van der Waals surface area contributed by atoms with Crippen LogP contribution in [-0.4, -0.2) is 30.3 Å². The molecule has 3 aliphatic rings. The summed E-state index contributed by atoms with van der Waals surface area (Å²) in [5, 5.41) is 3.22. The monoisotopic (exact) mass is 562 g/mol. The molecule has 0 radical (unpaired) electrons. The Labute approximate surface area is 235 Å². The summed E-state index contributed by atoms with van der Waals surface area (Å²) in [6.07, 6.45) is 1.83. The van der Waals surface area contributed by atoms with Gasteiger partial charge in [-0.25, -0.2) is 4.79 Å². The Kier molecular flexibility index (Phi) is 6.65. The molecule has 39 heavy (non-hydrogen) atoms. The van der Waals surface area contributed by atoms with E-state index in [9.17, 15) is 19.2 Å². The van der Waals surface area contributed by atoms with Gasteiger partial charge in [-0.05, 0) is 78.6 Å². The molecular formula is C30H24Cl2N2O5. The zero-order valence-corrected chi connectivity index (χ0v) is 22.2. The molecular weight excluding hydrogens is 539 g/mol. The predicted octanol–water partition coefficient (Wildman–Crippen LogP) is 5.72. The number of nitrogens with one attached hydrogen (secondary N) is 1. The molecule has 1 aliphatic heterocycles. The number of imide groups is 1. The Morgan fingerprint density at radius 3 is 2.31 bits per heavy atom. The first-order chi connectivity index (χ1) is 18.8. The van der Waals surface area contributed by atoms with E-state index < -0.39 is 18.5 Å². The van der Waals surface area contributed by atoms with Crippen LogP contribution in [0, 0.1) is 23.7 Å². The maximum Gasteiger partial charge on any atom is 0.338 e. The molecule has 9 heteroatoms. The first-order valence-corrected chi connectivity index (χ1v) is 13.5. The number of esters is 1. The van der Waals surface area contributed by atoms with Crippen LogP contribution in [0.25, 0.3) is 0 Å². The van der Waals surface area contributed by atoms with Crippen molar-refractivity contribution in [3.63, 3.8) is 0 Å². The number of carbonyl (C=O) groups excluding carboxylic acids is 4. The molecule has 0 aromatic heterocycles. The van der Waals surface area contributed by atoms with Crippen LogP contribution in [0.5, 0.6) is 0 Å². The van der Waals surface area contributed by atoms with Gasteiger partial charge in [-0.1, -0.05) is 53.5 Å². The lowest BCUT2D eigenvalue weighted by molar-refractivity contribution is -0.123. The number of fused-ring (bicyclic) bond motifs is 5. The highest BCUT2D eigenvalue weighted by Gasteiger charge is 2.64. The fourth-order valence-corrected chi connectivity index (χ4v) is 6.83. The standard InChI is InChI=1S/C30H24Cl2N2O5/c31-23-11-8-19(14-24(23)32)33-25(35)15-39-30(38)17-6-9-20(10-7-17)34-28(36)26-18-12-21(16-4-2-1-3-5-16)22(13-18)27(26)29(34)37/h1-11,14,18,21-22,26-27H,12-13,15H2,(H,33,35)/t18-,21-,22+,26+,27+/m0/s1. The van der Waals surface area contributed by atoms with Crippen LogP contribution in [0.1, 0.15) is 34.7 Å². The topological polar surface area (TPSA) is 92.8 Å². The summed E-state index contributed by atoms with van der Waals surface area (Å²) in [5.74, 6) is -1.48. The summed E-state index contributed by atoms with van der Waals surface area (Å²) < 4.78 is 5.12. The van der Waals surface area contributed by atoms with Crippen molar-refractivity contribution in [1.29, 1.82) is 0 Å². The zero-order valence-electron chi connectivity index (χ0n) is 20.7. The quantitative estimate of drug-likeness (QED) is 0.306. The number of anilines is 2. The summed E-state index contributed by atoms with van der Waals surface area (Å²) in [6, 6.07) is 21.0. The largest absolute Gasteiger partial charge is 0.452 e. The number of hydrogen-bond acceptors (Lipinski definition) is 5. The van der Waals surface area contributed by atoms with Crippen molar-refractivity contribution < 1.29 is 23.9 Å². The van der Waals surface area contributed by atoms with Gasteiger partial charge in [-0.2, -0.15) is 0 Å². The first-order valence-electron chi connectivity index (χ1n) is 12.8. The van der Waals surface area contributed by atoms with E-state index in [4.69, 9.17) is 27.9 Å². The average Bonchev–Trinajstić information content (AvgIpc) is 3.61. The van der Waals surface area contributed by atoms with E-state index in [2.05, 4.69) is 17.4 Å². The van der Waals surface area contributed by atoms with Gasteiger partial charge in [0.15, 0.2) is 6.61 Å². The average molecular weight is 563 g/mol. The highest BCUT2D eigenvalue weighted by Crippen LogP contribution is 2.61. The van der Waals surface area contributed by atoms with Crippen molar-refractivity contribution in [3.05, 3.63) is 94.0 Å². The Balaban J connectivity index is 1.09. The number of rotatable bonds is 6. The number of nitrogens with zero attached hydrogens (tertiary/aromatic N) is 1. The Hall–Kier alpha value is -3.68. The molecule has 1 heterocycles. The van der Waals surface area contributed by atoms with Crippen LogP contribution < -0.4 is 10.2 Å². The maximum absolute atomic E-state index is 13.5. The maximum atomic E-state index is 13.5. The second-order valence-corrected chi connectivity index (χ2v) is 11.1. The van der Waals surface area contributed by atoms with Crippen LogP contribution in [-0.2, 0) is 19.1 Å². The number of ether oxygens (including phenoxy) is 1. The summed E-state index contributed by atoms with van der Waals surface area (Å²) in [7, 11) is 0. The van der Waals surface area contributed by atoms with E-state index in [1.165, 1.54) is 28.7 Å². The predicted molar refractivity (Wildman–Crippen MR) is 147 cm³/mol. The number of amides is 3. The van der Waals surface area contributed by atoms with E-state index in [1.807, 2.05) is 18.2 Å². The van der Waals surface area contributed by atoms with Crippen molar-refractivity contribution in [2.45, 2.75) is 18.8 Å². The SMILES string of the molecule is O=C(COC(=O)c1ccc(N2C(=O)[C@@H]3[C@@H]4C[C@@H]([C@H]3C2=O)[C@H](c2ccccc2)C4)cc1)Nc1ccc(Cl)c(Cl)c1. The van der Waals surface area contributed by atoms with E-state index in [-0.39, 0.29) is 46.1 Å². The molecule has 0 spiro atoms. The van der Waals surface area contributed by atoms with Crippen LogP contribution >= 0.6 is 23.2 Å². The number of halogens is 2. The van der Waals surface area contributed by atoms with Gasteiger partial charge >= 0.3 is 5.97 Å². The molecule has 3 aromatic rings. The van der Waals surface area contributed by atoms with Crippen LogP contribution in [0.4, 0.5) is 11.4 Å². The molecule has 198 valence electrons. The normalized spacial score (nSPS) is 25.1. The van der Waals surface area contributed by atoms with Gasteiger partial charge < -0.3 is 10.1 Å². The van der Waals surface area contributed by atoms with Gasteiger partial charge in [0.2, 0.25) is 11.8 Å². The molecule has 3 amide bonds. The third-order valence-corrected chi connectivity index (χ3v) is 8.88. The minimum Gasteiger partial charge on any atom is -0.452 e. The van der Waals surface area contributed by atoms with Crippen molar-refractivity contribution in [2.75, 3.05) is 16.8 Å². The smallest absolute Gasteiger partial charge is 0.338 e. The summed E-state index contributed by atoms with van der Waals surface area (Å²) in [6.45, 7) is -0.501. The Morgan fingerprint density at radius 1 is 0.872 bits per heavy atom. The molecule has 3 aromatic carbocycles. The lowest BCUT2D eigenvalue weighted by Gasteiger charge is -2.28. The van der Waals surface area contributed by atoms with Gasteiger partial charge in [0.1, 0.15) is 0 Å². The first kappa shape index (κ1) is 25.6. The van der Waals surface area contributed by atoms with E-state index in [0.717, 1.165) is 12.8 Å².